The van der Waals surface area contributed by atoms with E-state index in [1.807, 2.05) is 36.7 Å². The number of carbonyl (C=O) groups excluding carboxylic acids is 1. The average Bonchev–Trinajstić information content (AvgIpc) is 3.17. The Balaban J connectivity index is 0.00000176. The van der Waals surface area contributed by atoms with Crippen LogP contribution in [0.15, 0.2) is 29.8 Å². The maximum absolute atomic E-state index is 12.2. The molecular weight excluding hydrogens is 322 g/mol. The van der Waals surface area contributed by atoms with Gasteiger partial charge in [0.05, 0.1) is 11.9 Å². The predicted molar refractivity (Wildman–Crippen MR) is 90.5 cm³/mol. The van der Waals surface area contributed by atoms with E-state index < -0.39 is 6.09 Å². The minimum absolute atomic E-state index is 0. The van der Waals surface area contributed by atoms with Gasteiger partial charge in [0.25, 0.3) is 0 Å². The summed E-state index contributed by atoms with van der Waals surface area (Å²) in [5.74, 6) is 0. The van der Waals surface area contributed by atoms with Gasteiger partial charge >= 0.3 is 6.09 Å². The minimum Gasteiger partial charge on any atom is -0.443 e. The van der Waals surface area contributed by atoms with E-state index in [1.54, 1.807) is 23.6 Å². The number of rotatable bonds is 3. The van der Waals surface area contributed by atoms with Gasteiger partial charge in [-0.1, -0.05) is 6.07 Å². The zero-order valence-electron chi connectivity index (χ0n) is 12.2. The summed E-state index contributed by atoms with van der Waals surface area (Å²) < 4.78 is 6.80. The monoisotopic (exact) mass is 339 g/mol. The van der Waals surface area contributed by atoms with Crippen LogP contribution in [0.25, 0.3) is 12.2 Å². The number of likely N-dealkylation sites (tertiary alicyclic amines) is 1. The number of aromatic nitrogens is 2. The van der Waals surface area contributed by atoms with Gasteiger partial charge in [-0.15, -0.1) is 23.7 Å². The number of hydrogen-bond donors (Lipinski definition) is 0. The SMILES string of the molecule is CN1CCC(OC(=O)n2nccc2/C=C/c2cccs2)C1.Cl. The summed E-state index contributed by atoms with van der Waals surface area (Å²) in [6, 6.07) is 5.81. The molecule has 0 saturated carbocycles. The third kappa shape index (κ3) is 3.97. The highest BCUT2D eigenvalue weighted by Crippen LogP contribution is 2.15. The first-order chi connectivity index (χ1) is 10.2. The van der Waals surface area contributed by atoms with E-state index >= 15 is 0 Å². The molecule has 0 radical (unpaired) electrons. The van der Waals surface area contributed by atoms with Gasteiger partial charge in [0.2, 0.25) is 0 Å². The van der Waals surface area contributed by atoms with Gasteiger partial charge in [-0.2, -0.15) is 9.78 Å². The molecular formula is C15H18ClN3O2S. The smallest absolute Gasteiger partial charge is 0.435 e. The quantitative estimate of drug-likeness (QED) is 0.861. The first-order valence-electron chi connectivity index (χ1n) is 6.87. The maximum Gasteiger partial charge on any atom is 0.435 e. The van der Waals surface area contributed by atoms with Crippen LogP contribution in [0.3, 0.4) is 0 Å². The fourth-order valence-corrected chi connectivity index (χ4v) is 2.95. The zero-order valence-corrected chi connectivity index (χ0v) is 13.8. The van der Waals surface area contributed by atoms with Gasteiger partial charge in [-0.25, -0.2) is 4.79 Å². The van der Waals surface area contributed by atoms with Crippen LogP contribution >= 0.6 is 23.7 Å². The van der Waals surface area contributed by atoms with Crippen LogP contribution in [0.1, 0.15) is 17.0 Å². The highest BCUT2D eigenvalue weighted by molar-refractivity contribution is 7.10. The molecule has 0 bridgehead atoms. The molecule has 1 aliphatic rings. The van der Waals surface area contributed by atoms with Crippen molar-refractivity contribution in [3.8, 4) is 0 Å². The number of ether oxygens (including phenoxy) is 1. The van der Waals surface area contributed by atoms with Crippen molar-refractivity contribution in [3.63, 3.8) is 0 Å². The van der Waals surface area contributed by atoms with E-state index in [4.69, 9.17) is 4.74 Å². The van der Waals surface area contributed by atoms with Crippen LogP contribution in [0.5, 0.6) is 0 Å². The Kier molecular flexibility index (Phi) is 5.76. The first-order valence-corrected chi connectivity index (χ1v) is 7.75. The van der Waals surface area contributed by atoms with Crippen molar-refractivity contribution in [2.45, 2.75) is 12.5 Å². The molecule has 2 aromatic heterocycles. The third-order valence-corrected chi connectivity index (χ3v) is 4.26. The van der Waals surface area contributed by atoms with E-state index in [0.717, 1.165) is 30.1 Å². The largest absolute Gasteiger partial charge is 0.443 e. The first kappa shape index (κ1) is 16.7. The summed E-state index contributed by atoms with van der Waals surface area (Å²) in [5, 5.41) is 6.07. The molecule has 0 aromatic carbocycles. The second kappa shape index (κ2) is 7.58. The number of carbonyl (C=O) groups is 1. The molecule has 1 saturated heterocycles. The fraction of sp³-hybridized carbons (Fsp3) is 0.333. The van der Waals surface area contributed by atoms with Crippen molar-refractivity contribution >= 4 is 42.0 Å². The molecule has 7 heteroatoms. The lowest BCUT2D eigenvalue weighted by Crippen LogP contribution is -2.26. The van der Waals surface area contributed by atoms with E-state index in [2.05, 4.69) is 10.00 Å². The van der Waals surface area contributed by atoms with Crippen LogP contribution in [-0.4, -0.2) is 47.0 Å². The molecule has 3 rings (SSSR count). The number of thiophene rings is 1. The molecule has 1 atom stereocenters. The summed E-state index contributed by atoms with van der Waals surface area (Å²) in [4.78, 5) is 15.5. The van der Waals surface area contributed by atoms with E-state index in [0.29, 0.717) is 0 Å². The third-order valence-electron chi connectivity index (χ3n) is 3.42. The minimum atomic E-state index is -0.411. The molecule has 2 aromatic rings. The Labute approximate surface area is 139 Å². The molecule has 0 spiro atoms. The normalized spacial score (nSPS) is 18.5. The molecule has 0 amide bonds. The Morgan fingerprint density at radius 2 is 2.32 bits per heavy atom. The predicted octanol–water partition coefficient (Wildman–Crippen LogP) is 3.23. The van der Waals surface area contributed by atoms with Gasteiger partial charge in [0.1, 0.15) is 6.10 Å². The van der Waals surface area contributed by atoms with E-state index in [1.165, 1.54) is 4.68 Å². The highest BCUT2D eigenvalue weighted by Gasteiger charge is 2.24. The molecule has 1 unspecified atom stereocenters. The molecule has 0 N–H and O–H groups in total. The molecule has 3 heterocycles. The van der Waals surface area contributed by atoms with E-state index in [9.17, 15) is 4.79 Å². The van der Waals surface area contributed by atoms with Gasteiger partial charge in [0, 0.05) is 18.0 Å². The Morgan fingerprint density at radius 1 is 1.45 bits per heavy atom. The summed E-state index contributed by atoms with van der Waals surface area (Å²) in [6.07, 6.45) is 5.88. The Bertz CT molecular complexity index is 639. The molecule has 5 nitrogen and oxygen atoms in total. The molecule has 22 heavy (non-hydrogen) atoms. The van der Waals surface area contributed by atoms with Crippen LogP contribution < -0.4 is 0 Å². The number of likely N-dealkylation sites (N-methyl/N-ethyl adjacent to an activating group) is 1. The summed E-state index contributed by atoms with van der Waals surface area (Å²) >= 11 is 1.65. The fourth-order valence-electron chi connectivity index (χ4n) is 2.33. The topological polar surface area (TPSA) is 47.4 Å². The van der Waals surface area contributed by atoms with Crippen molar-refractivity contribution in [3.05, 3.63) is 40.3 Å². The van der Waals surface area contributed by atoms with Crippen LogP contribution in [0.2, 0.25) is 0 Å². The average molecular weight is 340 g/mol. The van der Waals surface area contributed by atoms with Crippen molar-refractivity contribution in [1.29, 1.82) is 0 Å². The molecule has 1 fully saturated rings. The Morgan fingerprint density at radius 3 is 3.00 bits per heavy atom. The number of nitrogens with zero attached hydrogens (tertiary/aromatic N) is 3. The van der Waals surface area contributed by atoms with Crippen LogP contribution in [0.4, 0.5) is 4.79 Å². The summed E-state index contributed by atoms with van der Waals surface area (Å²) in [7, 11) is 2.02. The molecule has 0 aliphatic carbocycles. The maximum atomic E-state index is 12.2. The lowest BCUT2D eigenvalue weighted by Gasteiger charge is -2.12. The van der Waals surface area contributed by atoms with Crippen LogP contribution in [-0.2, 0) is 4.74 Å². The zero-order chi connectivity index (χ0) is 14.7. The molecule has 1 aliphatic heterocycles. The van der Waals surface area contributed by atoms with Crippen molar-refractivity contribution in [2.75, 3.05) is 20.1 Å². The lowest BCUT2D eigenvalue weighted by atomic mass is 10.3. The molecule has 118 valence electrons. The number of hydrogen-bond acceptors (Lipinski definition) is 5. The van der Waals surface area contributed by atoms with Crippen LogP contribution in [0, 0.1) is 0 Å². The van der Waals surface area contributed by atoms with Gasteiger partial charge in [0.15, 0.2) is 0 Å². The second-order valence-electron chi connectivity index (χ2n) is 5.07. The highest BCUT2D eigenvalue weighted by atomic mass is 35.5. The Hall–Kier alpha value is -1.63. The van der Waals surface area contributed by atoms with E-state index in [-0.39, 0.29) is 18.5 Å². The van der Waals surface area contributed by atoms with Gasteiger partial charge in [-0.05, 0) is 43.1 Å². The second-order valence-corrected chi connectivity index (χ2v) is 6.05. The van der Waals surface area contributed by atoms with Crippen molar-refractivity contribution in [2.24, 2.45) is 0 Å². The van der Waals surface area contributed by atoms with Crippen molar-refractivity contribution in [1.82, 2.24) is 14.7 Å². The number of halogens is 1. The standard InChI is InChI=1S/C15H17N3O2S.ClH/c1-17-9-7-13(11-17)20-15(19)18-12(6-8-16-18)4-5-14-3-2-10-21-14;/h2-6,8,10,13H,7,9,11H2,1H3;1H/b5-4+;. The van der Waals surface area contributed by atoms with Crippen molar-refractivity contribution < 1.29 is 9.53 Å². The van der Waals surface area contributed by atoms with Gasteiger partial charge in [-0.3, -0.25) is 0 Å². The summed E-state index contributed by atoms with van der Waals surface area (Å²) in [5.41, 5.74) is 0.722. The summed E-state index contributed by atoms with van der Waals surface area (Å²) in [6.45, 7) is 1.75. The van der Waals surface area contributed by atoms with Gasteiger partial charge < -0.3 is 9.64 Å². The lowest BCUT2D eigenvalue weighted by molar-refractivity contribution is 0.101.